The van der Waals surface area contributed by atoms with Crippen molar-refractivity contribution in [1.82, 2.24) is 15.5 Å². The molecule has 0 aliphatic rings. The minimum Gasteiger partial charge on any atom is -0.543 e. The van der Waals surface area contributed by atoms with Crippen LogP contribution in [-0.2, 0) is 15.2 Å². The lowest BCUT2D eigenvalue weighted by molar-refractivity contribution is 0.0385. The summed E-state index contributed by atoms with van der Waals surface area (Å²) >= 11 is 6.88. The Morgan fingerprint density at radius 3 is 2.42 bits per heavy atom. The number of thioether (sulfide) groups is 1. The molecule has 1 aromatic heterocycles. The molecule has 0 aliphatic carbocycles. The van der Waals surface area contributed by atoms with Gasteiger partial charge in [-0.05, 0) is 38.9 Å². The molecule has 9 nitrogen and oxygen atoms in total. The second kappa shape index (κ2) is 13.8. The summed E-state index contributed by atoms with van der Waals surface area (Å²) in [4.78, 5) is 18.4. The van der Waals surface area contributed by atoms with Crippen molar-refractivity contribution in [3.63, 3.8) is 0 Å². The number of rotatable bonds is 13. The molecule has 1 aromatic carbocycles. The molecule has 1 N–H and O–H groups in total. The molecule has 0 saturated heterocycles. The molecule has 0 aliphatic heterocycles. The molecule has 0 amide bonds. The van der Waals surface area contributed by atoms with E-state index in [0.29, 0.717) is 57.4 Å². The number of benzene rings is 1. The largest absolute Gasteiger partial charge is 0.543 e. The Bertz CT molecular complexity index is 1120. The van der Waals surface area contributed by atoms with Crippen molar-refractivity contribution >= 4 is 43.3 Å². The van der Waals surface area contributed by atoms with Crippen LogP contribution >= 0.6 is 24.0 Å². The van der Waals surface area contributed by atoms with E-state index in [1.54, 1.807) is 32.9 Å². The van der Waals surface area contributed by atoms with Gasteiger partial charge in [-0.2, -0.15) is 16.7 Å². The third-order valence-electron chi connectivity index (χ3n) is 6.47. The zero-order valence-electron chi connectivity index (χ0n) is 24.1. The van der Waals surface area contributed by atoms with Crippen LogP contribution in [0.25, 0.3) is 0 Å². The van der Waals surface area contributed by atoms with Crippen LogP contribution in [0.5, 0.6) is 11.5 Å². The first kappa shape index (κ1) is 32.1. The predicted molar refractivity (Wildman–Crippen MR) is 157 cm³/mol. The molecule has 0 fully saturated rings. The Balaban J connectivity index is 2.50. The molecular formula is C26H41N3O6S2Si. The summed E-state index contributed by atoms with van der Waals surface area (Å²) in [5, 5.41) is 7.10. The minimum absolute atomic E-state index is 0.0453. The number of ether oxygens (including phenoxy) is 3. The van der Waals surface area contributed by atoms with Crippen LogP contribution in [0.1, 0.15) is 66.9 Å². The number of nitrogens with zero attached hydrogens (tertiary/aromatic N) is 2. The summed E-state index contributed by atoms with van der Waals surface area (Å²) in [6, 6.07) is 1.61. The highest BCUT2D eigenvalue weighted by Gasteiger charge is 2.40. The van der Waals surface area contributed by atoms with E-state index in [9.17, 15) is 4.79 Å². The second-order valence-corrected chi connectivity index (χ2v) is 16.9. The van der Waals surface area contributed by atoms with Gasteiger partial charge in [0, 0.05) is 35.8 Å². The quantitative estimate of drug-likeness (QED) is 0.134. The van der Waals surface area contributed by atoms with Gasteiger partial charge in [0.1, 0.15) is 24.1 Å². The SMILES string of the molecule is COCCOC(=O)c1c(C)c(OC)cc(O[Si](C)(C)C(C)(C)C)c1CSC[C@H](NC(C)=S)c1nc(C)no1. The van der Waals surface area contributed by atoms with Crippen LogP contribution in [0.3, 0.4) is 0 Å². The summed E-state index contributed by atoms with van der Waals surface area (Å²) in [6.07, 6.45) is 0. The van der Waals surface area contributed by atoms with Crippen LogP contribution in [0.4, 0.5) is 0 Å². The lowest BCUT2D eigenvalue weighted by Gasteiger charge is -2.37. The number of hydrogen-bond donors (Lipinski definition) is 1. The Kier molecular flexibility index (Phi) is 11.6. The highest BCUT2D eigenvalue weighted by Crippen LogP contribution is 2.42. The molecule has 0 radical (unpaired) electrons. The van der Waals surface area contributed by atoms with E-state index in [4.69, 9.17) is 35.4 Å². The van der Waals surface area contributed by atoms with Crippen molar-refractivity contribution in [3.05, 3.63) is 34.5 Å². The van der Waals surface area contributed by atoms with Crippen molar-refractivity contribution in [3.8, 4) is 11.5 Å². The van der Waals surface area contributed by atoms with E-state index >= 15 is 0 Å². The van der Waals surface area contributed by atoms with E-state index in [2.05, 4.69) is 49.3 Å². The average Bonchev–Trinajstić information content (AvgIpc) is 3.25. The number of aryl methyl sites for hydroxylation is 1. The molecule has 2 aromatic rings. The topological polar surface area (TPSA) is 105 Å². The smallest absolute Gasteiger partial charge is 0.339 e. The molecule has 0 saturated carbocycles. The number of carbonyl (C=O) groups is 1. The van der Waals surface area contributed by atoms with Crippen LogP contribution in [0.2, 0.25) is 18.1 Å². The van der Waals surface area contributed by atoms with Crippen molar-refractivity contribution in [1.29, 1.82) is 0 Å². The lowest BCUT2D eigenvalue weighted by Crippen LogP contribution is -2.44. The number of hydrogen-bond acceptors (Lipinski definition) is 10. The van der Waals surface area contributed by atoms with Crippen LogP contribution in [0, 0.1) is 13.8 Å². The van der Waals surface area contributed by atoms with Crippen LogP contribution in [0.15, 0.2) is 10.6 Å². The third-order valence-corrected chi connectivity index (χ3v) is 12.0. The first-order chi connectivity index (χ1) is 17.7. The molecule has 1 heterocycles. The van der Waals surface area contributed by atoms with E-state index in [1.165, 1.54) is 0 Å². The first-order valence-electron chi connectivity index (χ1n) is 12.4. The van der Waals surface area contributed by atoms with E-state index in [1.807, 2.05) is 19.9 Å². The van der Waals surface area contributed by atoms with Gasteiger partial charge < -0.3 is 28.5 Å². The third kappa shape index (κ3) is 8.42. The Morgan fingerprint density at radius 2 is 1.89 bits per heavy atom. The zero-order chi connectivity index (χ0) is 28.7. The molecule has 0 bridgehead atoms. The Labute approximate surface area is 236 Å². The number of methoxy groups -OCH3 is 2. The fourth-order valence-corrected chi connectivity index (χ4v) is 5.63. The number of nitrogens with one attached hydrogen (secondary N) is 1. The van der Waals surface area contributed by atoms with Gasteiger partial charge in [0.2, 0.25) is 14.2 Å². The monoisotopic (exact) mass is 583 g/mol. The van der Waals surface area contributed by atoms with Crippen LogP contribution in [-0.4, -0.2) is 62.6 Å². The molecule has 0 spiro atoms. The number of esters is 1. The predicted octanol–water partition coefficient (Wildman–Crippen LogP) is 5.79. The van der Waals surface area contributed by atoms with Gasteiger partial charge in [0.05, 0.1) is 24.3 Å². The summed E-state index contributed by atoms with van der Waals surface area (Å²) in [6.45, 7) is 16.8. The van der Waals surface area contributed by atoms with E-state index < -0.39 is 14.3 Å². The fraction of sp³-hybridized carbons (Fsp3) is 0.615. The maximum absolute atomic E-state index is 13.4. The van der Waals surface area contributed by atoms with Gasteiger partial charge in [-0.25, -0.2) is 4.79 Å². The summed E-state index contributed by atoms with van der Waals surface area (Å²) in [5.74, 6) is 2.82. The van der Waals surface area contributed by atoms with Gasteiger partial charge in [0.25, 0.3) is 0 Å². The summed E-state index contributed by atoms with van der Waals surface area (Å²) < 4.78 is 28.4. The highest BCUT2D eigenvalue weighted by atomic mass is 32.2. The van der Waals surface area contributed by atoms with E-state index in [-0.39, 0.29) is 17.7 Å². The molecule has 38 heavy (non-hydrogen) atoms. The first-order valence-corrected chi connectivity index (χ1v) is 16.9. The molecule has 212 valence electrons. The molecular weight excluding hydrogens is 543 g/mol. The molecule has 0 unspecified atom stereocenters. The standard InChI is InChI=1S/C26H41N3O6S2Si/c1-16-21(32-8)13-22(35-38(9,10)26(4,5)6)19(23(16)25(30)33-12-11-31-7)14-37-15-20(28-18(3)36)24-27-17(2)29-34-24/h13,20H,11-12,14-15H2,1-10H3,(H,28,36)/t20-/m0/s1. The van der Waals surface area contributed by atoms with Crippen molar-refractivity contribution < 1.29 is 28.0 Å². The van der Waals surface area contributed by atoms with Crippen molar-refractivity contribution in [2.75, 3.05) is 33.2 Å². The molecule has 1 atom stereocenters. The van der Waals surface area contributed by atoms with Gasteiger partial charge in [-0.1, -0.05) is 38.1 Å². The number of carbonyl (C=O) groups excluding carboxylic acids is 1. The van der Waals surface area contributed by atoms with Crippen molar-refractivity contribution in [2.24, 2.45) is 0 Å². The Hall–Kier alpha value is -2.15. The zero-order valence-corrected chi connectivity index (χ0v) is 26.8. The Morgan fingerprint density at radius 1 is 1.21 bits per heavy atom. The van der Waals surface area contributed by atoms with Gasteiger partial charge in [0.15, 0.2) is 5.82 Å². The molecule has 2 rings (SSSR count). The average molecular weight is 584 g/mol. The van der Waals surface area contributed by atoms with Gasteiger partial charge in [-0.3, -0.25) is 0 Å². The summed E-state index contributed by atoms with van der Waals surface area (Å²) in [5.41, 5.74) is 1.91. The second-order valence-electron chi connectivity index (χ2n) is 10.5. The number of thiocarbonyl (C=S) groups is 1. The minimum atomic E-state index is -2.25. The number of aromatic nitrogens is 2. The fourth-order valence-electron chi connectivity index (χ4n) is 3.38. The maximum atomic E-state index is 13.4. The van der Waals surface area contributed by atoms with Gasteiger partial charge >= 0.3 is 5.97 Å². The van der Waals surface area contributed by atoms with E-state index in [0.717, 1.165) is 5.56 Å². The lowest BCUT2D eigenvalue weighted by atomic mass is 10.0. The van der Waals surface area contributed by atoms with Crippen LogP contribution < -0.4 is 14.5 Å². The van der Waals surface area contributed by atoms with Crippen molar-refractivity contribution in [2.45, 2.75) is 71.5 Å². The van der Waals surface area contributed by atoms with Gasteiger partial charge in [-0.15, -0.1) is 0 Å². The molecule has 12 heteroatoms. The maximum Gasteiger partial charge on any atom is 0.339 e. The normalized spacial score (nSPS) is 12.7. The highest BCUT2D eigenvalue weighted by molar-refractivity contribution is 7.98. The summed E-state index contributed by atoms with van der Waals surface area (Å²) in [7, 11) is 0.900.